The van der Waals surface area contributed by atoms with E-state index in [-0.39, 0.29) is 30.2 Å². The third-order valence-electron chi connectivity index (χ3n) is 4.83. The first-order valence-corrected chi connectivity index (χ1v) is 8.05. The summed E-state index contributed by atoms with van der Waals surface area (Å²) in [5.74, 6) is -0.643. The maximum Gasteiger partial charge on any atom is 0.254 e. The Morgan fingerprint density at radius 3 is 2.62 bits per heavy atom. The summed E-state index contributed by atoms with van der Waals surface area (Å²) in [6.07, 6.45) is 0.852. The van der Waals surface area contributed by atoms with Crippen molar-refractivity contribution in [2.75, 3.05) is 19.6 Å². The quantitative estimate of drug-likeness (QED) is 0.808. The Labute approximate surface area is 139 Å². The SMILES string of the molecule is O=C(c1ccc(F)cc1)N1CC(=O)N2CCc3ccccc3C2C1. The van der Waals surface area contributed by atoms with E-state index in [0.29, 0.717) is 18.7 Å². The molecule has 4 rings (SSSR count). The van der Waals surface area contributed by atoms with Crippen molar-refractivity contribution < 1.29 is 14.0 Å². The first kappa shape index (κ1) is 14.9. The fourth-order valence-corrected chi connectivity index (χ4v) is 3.60. The summed E-state index contributed by atoms with van der Waals surface area (Å²) in [6, 6.07) is 13.4. The van der Waals surface area contributed by atoms with Gasteiger partial charge in [0.25, 0.3) is 5.91 Å². The van der Waals surface area contributed by atoms with E-state index in [9.17, 15) is 14.0 Å². The van der Waals surface area contributed by atoms with Crippen molar-refractivity contribution in [2.24, 2.45) is 0 Å². The van der Waals surface area contributed by atoms with Crippen LogP contribution in [0.25, 0.3) is 0 Å². The predicted octanol–water partition coefficient (Wildman–Crippen LogP) is 2.41. The minimum atomic E-state index is -0.381. The molecule has 0 N–H and O–H groups in total. The van der Waals surface area contributed by atoms with Crippen molar-refractivity contribution in [1.82, 2.24) is 9.80 Å². The van der Waals surface area contributed by atoms with Crippen LogP contribution in [0.2, 0.25) is 0 Å². The van der Waals surface area contributed by atoms with Crippen LogP contribution in [0.15, 0.2) is 48.5 Å². The van der Waals surface area contributed by atoms with E-state index < -0.39 is 0 Å². The van der Waals surface area contributed by atoms with Crippen molar-refractivity contribution in [3.63, 3.8) is 0 Å². The minimum absolute atomic E-state index is 0.0313. The van der Waals surface area contributed by atoms with Gasteiger partial charge >= 0.3 is 0 Å². The number of halogens is 1. The van der Waals surface area contributed by atoms with E-state index in [1.165, 1.54) is 29.8 Å². The van der Waals surface area contributed by atoms with Gasteiger partial charge in [-0.2, -0.15) is 0 Å². The Kier molecular flexibility index (Phi) is 3.56. The molecule has 2 aromatic rings. The maximum atomic E-state index is 13.1. The lowest BCUT2D eigenvalue weighted by Crippen LogP contribution is -2.55. The molecule has 2 aliphatic rings. The third kappa shape index (κ3) is 2.46. The lowest BCUT2D eigenvalue weighted by atomic mass is 9.90. The Hall–Kier alpha value is -2.69. The highest BCUT2D eigenvalue weighted by Gasteiger charge is 2.38. The minimum Gasteiger partial charge on any atom is -0.332 e. The summed E-state index contributed by atoms with van der Waals surface area (Å²) in [6.45, 7) is 1.24. The van der Waals surface area contributed by atoms with Crippen LogP contribution < -0.4 is 0 Å². The monoisotopic (exact) mass is 324 g/mol. The largest absolute Gasteiger partial charge is 0.332 e. The molecule has 5 heteroatoms. The molecule has 24 heavy (non-hydrogen) atoms. The Bertz CT molecular complexity index is 803. The summed E-state index contributed by atoms with van der Waals surface area (Å²) in [4.78, 5) is 28.6. The standard InChI is InChI=1S/C19H17FN2O2/c20-15-7-5-14(6-8-15)19(24)21-11-17-16-4-2-1-3-13(16)9-10-22(17)18(23)12-21/h1-8,17H,9-12H2. The van der Waals surface area contributed by atoms with Gasteiger partial charge in [-0.1, -0.05) is 24.3 Å². The maximum absolute atomic E-state index is 13.1. The number of hydrogen-bond acceptors (Lipinski definition) is 2. The number of rotatable bonds is 1. The fraction of sp³-hybridized carbons (Fsp3) is 0.263. The molecule has 0 spiro atoms. The van der Waals surface area contributed by atoms with Crippen LogP contribution in [0.1, 0.15) is 27.5 Å². The molecule has 1 unspecified atom stereocenters. The van der Waals surface area contributed by atoms with Crippen molar-refractivity contribution >= 4 is 11.8 Å². The number of hydrogen-bond donors (Lipinski definition) is 0. The molecule has 1 saturated heterocycles. The molecule has 0 saturated carbocycles. The van der Waals surface area contributed by atoms with Crippen LogP contribution in [0.4, 0.5) is 4.39 Å². The summed E-state index contributed by atoms with van der Waals surface area (Å²) in [5.41, 5.74) is 2.76. The molecule has 2 amide bonds. The molecule has 122 valence electrons. The fourth-order valence-electron chi connectivity index (χ4n) is 3.60. The number of piperazine rings is 1. The molecule has 2 heterocycles. The van der Waals surface area contributed by atoms with Gasteiger partial charge in [0.2, 0.25) is 5.91 Å². The van der Waals surface area contributed by atoms with Gasteiger partial charge in [0.05, 0.1) is 6.04 Å². The highest BCUT2D eigenvalue weighted by molar-refractivity contribution is 5.97. The molecular weight excluding hydrogens is 307 g/mol. The highest BCUT2D eigenvalue weighted by Crippen LogP contribution is 2.33. The smallest absolute Gasteiger partial charge is 0.254 e. The van der Waals surface area contributed by atoms with Crippen LogP contribution >= 0.6 is 0 Å². The summed E-state index contributed by atoms with van der Waals surface area (Å²) in [7, 11) is 0. The van der Waals surface area contributed by atoms with Gasteiger partial charge in [0.1, 0.15) is 12.4 Å². The molecule has 2 aliphatic heterocycles. The Balaban J connectivity index is 1.63. The van der Waals surface area contributed by atoms with E-state index in [1.807, 2.05) is 23.1 Å². The van der Waals surface area contributed by atoms with Crippen LogP contribution in [0.3, 0.4) is 0 Å². The number of carbonyl (C=O) groups excluding carboxylic acids is 2. The number of fused-ring (bicyclic) bond motifs is 3. The third-order valence-corrected chi connectivity index (χ3v) is 4.83. The summed E-state index contributed by atoms with van der Waals surface area (Å²) >= 11 is 0. The number of carbonyl (C=O) groups is 2. The molecule has 1 atom stereocenters. The van der Waals surface area contributed by atoms with E-state index in [0.717, 1.165) is 12.0 Å². The molecule has 2 aromatic carbocycles. The zero-order chi connectivity index (χ0) is 16.7. The average molecular weight is 324 g/mol. The van der Waals surface area contributed by atoms with Gasteiger partial charge in [-0.25, -0.2) is 4.39 Å². The van der Waals surface area contributed by atoms with Crippen LogP contribution in [-0.4, -0.2) is 41.2 Å². The number of nitrogens with zero attached hydrogens (tertiary/aromatic N) is 2. The van der Waals surface area contributed by atoms with Crippen LogP contribution in [-0.2, 0) is 11.2 Å². The topological polar surface area (TPSA) is 40.6 Å². The lowest BCUT2D eigenvalue weighted by Gasteiger charge is -2.44. The van der Waals surface area contributed by atoms with Gasteiger partial charge in [-0.15, -0.1) is 0 Å². The molecule has 0 bridgehead atoms. The van der Waals surface area contributed by atoms with Crippen molar-refractivity contribution in [1.29, 1.82) is 0 Å². The van der Waals surface area contributed by atoms with Crippen molar-refractivity contribution in [3.05, 3.63) is 71.0 Å². The second kappa shape index (κ2) is 5.74. The highest BCUT2D eigenvalue weighted by atomic mass is 19.1. The second-order valence-corrected chi connectivity index (χ2v) is 6.24. The van der Waals surface area contributed by atoms with Crippen LogP contribution in [0.5, 0.6) is 0 Å². The molecule has 0 aliphatic carbocycles. The molecule has 1 fully saturated rings. The molecule has 0 radical (unpaired) electrons. The van der Waals surface area contributed by atoms with Gasteiger partial charge in [0.15, 0.2) is 0 Å². The van der Waals surface area contributed by atoms with E-state index in [1.54, 1.807) is 4.90 Å². The lowest BCUT2D eigenvalue weighted by molar-refractivity contribution is -0.139. The molecular formula is C19H17FN2O2. The second-order valence-electron chi connectivity index (χ2n) is 6.24. The van der Waals surface area contributed by atoms with Crippen LogP contribution in [0, 0.1) is 5.82 Å². The number of amides is 2. The van der Waals surface area contributed by atoms with Crippen molar-refractivity contribution in [3.8, 4) is 0 Å². The first-order valence-electron chi connectivity index (χ1n) is 8.05. The molecule has 4 nitrogen and oxygen atoms in total. The van der Waals surface area contributed by atoms with E-state index in [2.05, 4.69) is 6.07 Å². The van der Waals surface area contributed by atoms with Gasteiger partial charge in [0, 0.05) is 18.7 Å². The molecule has 0 aromatic heterocycles. The zero-order valence-corrected chi connectivity index (χ0v) is 13.1. The van der Waals surface area contributed by atoms with Gasteiger partial charge in [-0.3, -0.25) is 9.59 Å². The first-order chi connectivity index (χ1) is 11.6. The summed E-state index contributed by atoms with van der Waals surface area (Å²) in [5, 5.41) is 0. The van der Waals surface area contributed by atoms with Gasteiger partial charge < -0.3 is 9.80 Å². The number of benzene rings is 2. The predicted molar refractivity (Wildman–Crippen MR) is 86.9 cm³/mol. The Morgan fingerprint density at radius 2 is 1.83 bits per heavy atom. The summed E-state index contributed by atoms with van der Waals surface area (Å²) < 4.78 is 13.1. The van der Waals surface area contributed by atoms with Crippen molar-refractivity contribution in [2.45, 2.75) is 12.5 Å². The zero-order valence-electron chi connectivity index (χ0n) is 13.1. The van der Waals surface area contributed by atoms with E-state index >= 15 is 0 Å². The Morgan fingerprint density at radius 1 is 1.08 bits per heavy atom. The van der Waals surface area contributed by atoms with Gasteiger partial charge in [-0.05, 0) is 41.8 Å². The van der Waals surface area contributed by atoms with E-state index in [4.69, 9.17) is 0 Å². The average Bonchev–Trinajstić information content (AvgIpc) is 2.61. The normalized spacial score (nSPS) is 19.7.